The maximum atomic E-state index is 13.4. The number of nitrogens with zero attached hydrogens (tertiary/aromatic N) is 1. The number of aromatic nitrogens is 1. The molecule has 0 saturated heterocycles. The summed E-state index contributed by atoms with van der Waals surface area (Å²) in [5, 5.41) is 1.03. The minimum Gasteiger partial charge on any atom is -0.318 e. The van der Waals surface area contributed by atoms with Crippen LogP contribution in [0, 0.1) is 12.7 Å². The molecule has 2 aromatic carbocycles. The maximum Gasteiger partial charge on any atom is 0.123 e. The number of fused-ring (bicyclic) bond motifs is 1. The van der Waals surface area contributed by atoms with Gasteiger partial charge in [0, 0.05) is 11.1 Å². The summed E-state index contributed by atoms with van der Waals surface area (Å²) in [7, 11) is 0. The summed E-state index contributed by atoms with van der Waals surface area (Å²) in [6.07, 6.45) is 0. The van der Waals surface area contributed by atoms with Gasteiger partial charge >= 0.3 is 0 Å². The number of hydrogen-bond donors (Lipinski definition) is 1. The molecule has 2 nitrogen and oxygen atoms in total. The van der Waals surface area contributed by atoms with Gasteiger partial charge in [-0.15, -0.1) is 0 Å². The van der Waals surface area contributed by atoms with Crippen LogP contribution in [0.2, 0.25) is 0 Å². The lowest BCUT2D eigenvalue weighted by molar-refractivity contribution is 0.582. The van der Waals surface area contributed by atoms with Crippen molar-refractivity contribution in [2.24, 2.45) is 5.73 Å². The molecule has 1 unspecified atom stereocenters. The van der Waals surface area contributed by atoms with E-state index in [-0.39, 0.29) is 5.82 Å². The van der Waals surface area contributed by atoms with Crippen LogP contribution in [0.1, 0.15) is 23.7 Å². The van der Waals surface area contributed by atoms with E-state index < -0.39 is 5.54 Å². The van der Waals surface area contributed by atoms with Crippen molar-refractivity contribution < 1.29 is 4.39 Å². The molecule has 0 spiro atoms. The third-order valence-electron chi connectivity index (χ3n) is 3.85. The van der Waals surface area contributed by atoms with Crippen molar-refractivity contribution in [1.29, 1.82) is 0 Å². The van der Waals surface area contributed by atoms with Gasteiger partial charge in [-0.2, -0.15) is 0 Å². The van der Waals surface area contributed by atoms with E-state index in [1.54, 1.807) is 6.07 Å². The van der Waals surface area contributed by atoms with Crippen LogP contribution in [0.25, 0.3) is 10.9 Å². The van der Waals surface area contributed by atoms with E-state index in [1.807, 2.05) is 50.2 Å². The molecule has 0 radical (unpaired) electrons. The zero-order valence-corrected chi connectivity index (χ0v) is 12.1. The molecule has 0 aliphatic rings. The molecule has 1 aromatic heterocycles. The van der Waals surface area contributed by atoms with Crippen molar-refractivity contribution in [3.63, 3.8) is 0 Å². The van der Waals surface area contributed by atoms with Crippen LogP contribution in [0.3, 0.4) is 0 Å². The van der Waals surface area contributed by atoms with Crippen molar-refractivity contribution in [3.8, 4) is 0 Å². The largest absolute Gasteiger partial charge is 0.318 e. The summed E-state index contributed by atoms with van der Waals surface area (Å²) in [5.74, 6) is -0.276. The van der Waals surface area contributed by atoms with Crippen LogP contribution < -0.4 is 5.73 Å². The highest BCUT2D eigenvalue weighted by atomic mass is 19.1. The first kappa shape index (κ1) is 13.7. The Hall–Kier alpha value is -2.26. The van der Waals surface area contributed by atoms with Crippen LogP contribution in [0.5, 0.6) is 0 Å². The van der Waals surface area contributed by atoms with Crippen molar-refractivity contribution in [1.82, 2.24) is 4.98 Å². The minimum atomic E-state index is -0.749. The van der Waals surface area contributed by atoms with Crippen molar-refractivity contribution in [3.05, 3.63) is 77.2 Å². The van der Waals surface area contributed by atoms with E-state index in [9.17, 15) is 4.39 Å². The number of nitrogens with two attached hydrogens (primary N) is 1. The number of halogens is 1. The standard InChI is InChI=1S/C18H17FN2/c1-12-6-7-13-10-15(8-9-17(13)21-12)18(2,20)14-4-3-5-16(19)11-14/h3-11H,20H2,1-2H3. The summed E-state index contributed by atoms with van der Waals surface area (Å²) in [5.41, 5.74) is 9.32. The van der Waals surface area contributed by atoms with Crippen LogP contribution in [0.15, 0.2) is 54.6 Å². The Labute approximate surface area is 123 Å². The average molecular weight is 280 g/mol. The predicted octanol–water partition coefficient (Wildman–Crippen LogP) is 3.90. The molecule has 0 amide bonds. The molecule has 21 heavy (non-hydrogen) atoms. The van der Waals surface area contributed by atoms with Gasteiger partial charge in [-0.3, -0.25) is 4.98 Å². The summed E-state index contributed by atoms with van der Waals surface area (Å²) in [6.45, 7) is 3.86. The highest BCUT2D eigenvalue weighted by Gasteiger charge is 2.24. The van der Waals surface area contributed by atoms with E-state index >= 15 is 0 Å². The molecule has 3 aromatic rings. The first-order valence-corrected chi connectivity index (χ1v) is 6.89. The molecular formula is C18H17FN2. The number of benzene rings is 2. The first-order chi connectivity index (χ1) is 9.96. The summed E-state index contributed by atoms with van der Waals surface area (Å²) >= 11 is 0. The predicted molar refractivity (Wildman–Crippen MR) is 83.5 cm³/mol. The van der Waals surface area contributed by atoms with Gasteiger partial charge in [0.25, 0.3) is 0 Å². The molecular weight excluding hydrogens is 263 g/mol. The van der Waals surface area contributed by atoms with Gasteiger partial charge in [-0.1, -0.05) is 24.3 Å². The first-order valence-electron chi connectivity index (χ1n) is 6.89. The lowest BCUT2D eigenvalue weighted by atomic mass is 9.85. The summed E-state index contributed by atoms with van der Waals surface area (Å²) in [6, 6.07) is 16.4. The van der Waals surface area contributed by atoms with Crippen LogP contribution >= 0.6 is 0 Å². The second-order valence-corrected chi connectivity index (χ2v) is 5.57. The number of rotatable bonds is 2. The quantitative estimate of drug-likeness (QED) is 0.773. The third kappa shape index (κ3) is 2.52. The molecule has 1 heterocycles. The Kier molecular flexibility index (Phi) is 3.22. The van der Waals surface area contributed by atoms with Crippen LogP contribution in [-0.4, -0.2) is 4.98 Å². The molecule has 0 bridgehead atoms. The second-order valence-electron chi connectivity index (χ2n) is 5.57. The molecule has 0 saturated carbocycles. The van der Waals surface area contributed by atoms with Gasteiger partial charge in [-0.25, -0.2) is 4.39 Å². The molecule has 2 N–H and O–H groups in total. The van der Waals surface area contributed by atoms with Gasteiger partial charge in [0.2, 0.25) is 0 Å². The van der Waals surface area contributed by atoms with E-state index in [0.29, 0.717) is 0 Å². The zero-order valence-electron chi connectivity index (χ0n) is 12.1. The van der Waals surface area contributed by atoms with Crippen molar-refractivity contribution >= 4 is 10.9 Å². The van der Waals surface area contributed by atoms with Gasteiger partial charge in [0.15, 0.2) is 0 Å². The fraction of sp³-hybridized carbons (Fsp3) is 0.167. The van der Waals surface area contributed by atoms with Crippen molar-refractivity contribution in [2.75, 3.05) is 0 Å². The molecule has 1 atom stereocenters. The van der Waals surface area contributed by atoms with Gasteiger partial charge in [0.05, 0.1) is 11.1 Å². The SMILES string of the molecule is Cc1ccc2cc(C(C)(N)c3cccc(F)c3)ccc2n1. The Morgan fingerprint density at radius 1 is 1.00 bits per heavy atom. The normalized spacial score (nSPS) is 14.1. The van der Waals surface area contributed by atoms with Crippen LogP contribution in [-0.2, 0) is 5.54 Å². The molecule has 0 fully saturated rings. The van der Waals surface area contributed by atoms with E-state index in [4.69, 9.17) is 5.73 Å². The van der Waals surface area contributed by atoms with E-state index in [2.05, 4.69) is 4.98 Å². The van der Waals surface area contributed by atoms with Gasteiger partial charge in [-0.05, 0) is 55.3 Å². The highest BCUT2D eigenvalue weighted by Crippen LogP contribution is 2.29. The molecule has 3 rings (SSSR count). The second kappa shape index (κ2) is 4.93. The molecule has 3 heteroatoms. The summed E-state index contributed by atoms with van der Waals surface area (Å²) in [4.78, 5) is 4.48. The Morgan fingerprint density at radius 3 is 2.52 bits per heavy atom. The monoisotopic (exact) mass is 280 g/mol. The maximum absolute atomic E-state index is 13.4. The topological polar surface area (TPSA) is 38.9 Å². The molecule has 0 aliphatic heterocycles. The molecule has 106 valence electrons. The smallest absolute Gasteiger partial charge is 0.123 e. The lowest BCUT2D eigenvalue weighted by Gasteiger charge is -2.26. The third-order valence-corrected chi connectivity index (χ3v) is 3.85. The fourth-order valence-corrected chi connectivity index (χ4v) is 2.53. The fourth-order valence-electron chi connectivity index (χ4n) is 2.53. The lowest BCUT2D eigenvalue weighted by Crippen LogP contribution is -2.34. The number of pyridine rings is 1. The average Bonchev–Trinajstić information content (AvgIpc) is 2.46. The summed E-state index contributed by atoms with van der Waals surface area (Å²) < 4.78 is 13.4. The van der Waals surface area contributed by atoms with E-state index in [0.717, 1.165) is 27.7 Å². The Morgan fingerprint density at radius 2 is 1.76 bits per heavy atom. The highest BCUT2D eigenvalue weighted by molar-refractivity contribution is 5.79. The van der Waals surface area contributed by atoms with Crippen molar-refractivity contribution in [2.45, 2.75) is 19.4 Å². The zero-order chi connectivity index (χ0) is 15.0. The number of hydrogen-bond acceptors (Lipinski definition) is 2. The molecule has 0 aliphatic carbocycles. The minimum absolute atomic E-state index is 0.276. The van der Waals surface area contributed by atoms with Crippen LogP contribution in [0.4, 0.5) is 4.39 Å². The van der Waals surface area contributed by atoms with E-state index in [1.165, 1.54) is 12.1 Å². The Balaban J connectivity index is 2.12. The Bertz CT molecular complexity index is 809. The van der Waals surface area contributed by atoms with Gasteiger partial charge < -0.3 is 5.73 Å². The van der Waals surface area contributed by atoms with Gasteiger partial charge in [0.1, 0.15) is 5.82 Å². The number of aryl methyl sites for hydroxylation is 1.